The minimum absolute atomic E-state index is 0.433. The third-order valence-corrected chi connectivity index (χ3v) is 3.88. The van der Waals surface area contributed by atoms with Gasteiger partial charge in [-0.3, -0.25) is 9.78 Å². The number of primary amides is 1. The summed E-state index contributed by atoms with van der Waals surface area (Å²) >= 11 is 0. The first kappa shape index (κ1) is 14.0. The van der Waals surface area contributed by atoms with Gasteiger partial charge in [0.1, 0.15) is 0 Å². The lowest BCUT2D eigenvalue weighted by Gasteiger charge is -2.32. The van der Waals surface area contributed by atoms with Crippen molar-refractivity contribution < 1.29 is 14.1 Å². The summed E-state index contributed by atoms with van der Waals surface area (Å²) in [6.07, 6.45) is 1.61. The van der Waals surface area contributed by atoms with Crippen molar-refractivity contribution in [3.63, 3.8) is 0 Å². The van der Waals surface area contributed by atoms with Gasteiger partial charge in [-0.25, -0.2) is 0 Å². The molecule has 1 fully saturated rings. The number of nitrogens with two attached hydrogens (primary N) is 1. The smallest absolute Gasteiger partial charge is 0.398 e. The number of aromatic nitrogens is 1. The van der Waals surface area contributed by atoms with E-state index in [1.165, 1.54) is 0 Å². The summed E-state index contributed by atoms with van der Waals surface area (Å²) in [7, 11) is -0.580. The summed E-state index contributed by atoms with van der Waals surface area (Å²) in [6, 6.07) is 1.64. The molecule has 19 heavy (non-hydrogen) atoms. The molecule has 0 unspecified atom stereocenters. The van der Waals surface area contributed by atoms with Gasteiger partial charge in [-0.1, -0.05) is 0 Å². The second-order valence-corrected chi connectivity index (χ2v) is 5.88. The van der Waals surface area contributed by atoms with E-state index in [0.29, 0.717) is 11.2 Å². The van der Waals surface area contributed by atoms with Gasteiger partial charge in [-0.2, -0.15) is 0 Å². The summed E-state index contributed by atoms with van der Waals surface area (Å²) in [4.78, 5) is 15.6. The minimum Gasteiger partial charge on any atom is -0.398 e. The molecule has 2 N–H and O–H groups in total. The number of rotatable bonds is 2. The van der Waals surface area contributed by atoms with Gasteiger partial charge in [-0.05, 0) is 46.2 Å². The Morgan fingerprint density at radius 3 is 2.26 bits per heavy atom. The van der Waals surface area contributed by atoms with Crippen LogP contribution in [-0.4, -0.2) is 29.2 Å². The molecule has 1 aromatic heterocycles. The molecule has 1 aromatic rings. The van der Waals surface area contributed by atoms with Gasteiger partial charge < -0.3 is 15.0 Å². The molecular weight excluding hydrogens is 243 g/mol. The number of pyridine rings is 1. The first-order chi connectivity index (χ1) is 8.64. The maximum Gasteiger partial charge on any atom is 0.514 e. The lowest BCUT2D eigenvalue weighted by atomic mass is 9.83. The fourth-order valence-electron chi connectivity index (χ4n) is 1.90. The number of amides is 1. The van der Waals surface area contributed by atoms with E-state index in [1.54, 1.807) is 19.2 Å². The Bertz CT molecular complexity index is 513. The van der Waals surface area contributed by atoms with Crippen molar-refractivity contribution in [1.82, 2.24) is 4.98 Å². The molecule has 0 radical (unpaired) electrons. The van der Waals surface area contributed by atoms with E-state index in [9.17, 15) is 4.79 Å². The van der Waals surface area contributed by atoms with E-state index < -0.39 is 24.2 Å². The highest BCUT2D eigenvalue weighted by Crippen LogP contribution is 2.36. The zero-order chi connectivity index (χ0) is 14.4. The van der Waals surface area contributed by atoms with Gasteiger partial charge in [0.15, 0.2) is 0 Å². The second kappa shape index (κ2) is 4.32. The molecule has 0 aromatic carbocycles. The Balaban J connectivity index is 2.35. The molecule has 1 saturated heterocycles. The van der Waals surface area contributed by atoms with Crippen molar-refractivity contribution in [3.8, 4) is 0 Å². The Morgan fingerprint density at radius 1 is 1.26 bits per heavy atom. The zero-order valence-corrected chi connectivity index (χ0v) is 12.0. The largest absolute Gasteiger partial charge is 0.514 e. The topological polar surface area (TPSA) is 74.4 Å². The van der Waals surface area contributed by atoms with Crippen molar-refractivity contribution in [2.75, 3.05) is 0 Å². The molecule has 1 aliphatic heterocycles. The van der Waals surface area contributed by atoms with Crippen LogP contribution >= 0.6 is 0 Å². The Labute approximate surface area is 113 Å². The van der Waals surface area contributed by atoms with E-state index in [4.69, 9.17) is 15.0 Å². The van der Waals surface area contributed by atoms with Crippen LogP contribution in [0.1, 0.15) is 43.6 Å². The van der Waals surface area contributed by atoms with Crippen molar-refractivity contribution in [2.45, 2.75) is 45.8 Å². The molecule has 0 aliphatic carbocycles. The van der Waals surface area contributed by atoms with Crippen LogP contribution in [0, 0.1) is 6.92 Å². The molecule has 5 nitrogen and oxygen atoms in total. The quantitative estimate of drug-likeness (QED) is 0.799. The first-order valence-electron chi connectivity index (χ1n) is 6.26. The van der Waals surface area contributed by atoms with E-state index in [-0.39, 0.29) is 0 Å². The van der Waals surface area contributed by atoms with E-state index in [2.05, 4.69) is 4.98 Å². The van der Waals surface area contributed by atoms with Gasteiger partial charge in [0.25, 0.3) is 0 Å². The number of carbonyl (C=O) groups excluding carboxylic acids is 1. The highest BCUT2D eigenvalue weighted by molar-refractivity contribution is 6.61. The monoisotopic (exact) mass is 262 g/mol. The van der Waals surface area contributed by atoms with Crippen molar-refractivity contribution in [2.24, 2.45) is 5.73 Å². The summed E-state index contributed by atoms with van der Waals surface area (Å²) in [5.74, 6) is -0.474. The fraction of sp³-hybridized carbons (Fsp3) is 0.538. The molecule has 102 valence electrons. The normalized spacial score (nSPS) is 20.6. The third kappa shape index (κ3) is 2.38. The average molecular weight is 262 g/mol. The lowest BCUT2D eigenvalue weighted by Crippen LogP contribution is -2.41. The maximum atomic E-state index is 11.4. The molecule has 0 atom stereocenters. The van der Waals surface area contributed by atoms with Gasteiger partial charge >= 0.3 is 7.12 Å². The predicted octanol–water partition coefficient (Wildman–Crippen LogP) is 0.788. The number of hydrogen-bond donors (Lipinski definition) is 1. The van der Waals surface area contributed by atoms with Crippen LogP contribution in [0.5, 0.6) is 0 Å². The lowest BCUT2D eigenvalue weighted by molar-refractivity contribution is 0.00578. The molecule has 0 bridgehead atoms. The molecule has 2 heterocycles. The number of aryl methyl sites for hydroxylation is 1. The molecule has 0 saturated carbocycles. The van der Waals surface area contributed by atoms with Crippen LogP contribution in [-0.2, 0) is 9.31 Å². The van der Waals surface area contributed by atoms with E-state index in [1.807, 2.05) is 27.7 Å². The van der Waals surface area contributed by atoms with Crippen molar-refractivity contribution in [3.05, 3.63) is 23.4 Å². The summed E-state index contributed by atoms with van der Waals surface area (Å²) in [5, 5.41) is 0. The Hall–Kier alpha value is -1.40. The Morgan fingerprint density at radius 2 is 1.79 bits per heavy atom. The van der Waals surface area contributed by atoms with Crippen LogP contribution in [0.4, 0.5) is 0 Å². The van der Waals surface area contributed by atoms with Crippen LogP contribution in [0.3, 0.4) is 0 Å². The summed E-state index contributed by atoms with van der Waals surface area (Å²) < 4.78 is 11.8. The Kier molecular flexibility index (Phi) is 3.19. The van der Waals surface area contributed by atoms with Crippen LogP contribution < -0.4 is 11.3 Å². The van der Waals surface area contributed by atoms with Crippen LogP contribution in [0.2, 0.25) is 0 Å². The van der Waals surface area contributed by atoms with Crippen molar-refractivity contribution in [1.29, 1.82) is 0 Å². The summed E-state index contributed by atoms with van der Waals surface area (Å²) in [6.45, 7) is 9.67. The highest BCUT2D eigenvalue weighted by Gasteiger charge is 2.52. The van der Waals surface area contributed by atoms with Gasteiger partial charge in [0, 0.05) is 11.8 Å². The SMILES string of the molecule is Cc1cnc(B2OC(C)(C)C(C)(C)O2)cc1C(N)=O. The number of carbonyl (C=O) groups is 1. The van der Waals surface area contributed by atoms with E-state index in [0.717, 1.165) is 5.56 Å². The first-order valence-corrected chi connectivity index (χ1v) is 6.26. The van der Waals surface area contributed by atoms with Crippen LogP contribution in [0.15, 0.2) is 12.3 Å². The minimum atomic E-state index is -0.580. The highest BCUT2D eigenvalue weighted by atomic mass is 16.7. The zero-order valence-electron chi connectivity index (χ0n) is 12.0. The third-order valence-electron chi connectivity index (χ3n) is 3.88. The van der Waals surface area contributed by atoms with Crippen LogP contribution in [0.25, 0.3) is 0 Å². The number of hydrogen-bond acceptors (Lipinski definition) is 4. The number of nitrogens with zero attached hydrogens (tertiary/aromatic N) is 1. The van der Waals surface area contributed by atoms with Gasteiger partial charge in [0.2, 0.25) is 5.91 Å². The molecular formula is C13H19BN2O3. The van der Waals surface area contributed by atoms with Gasteiger partial charge in [-0.15, -0.1) is 0 Å². The van der Waals surface area contributed by atoms with Crippen molar-refractivity contribution >= 4 is 18.6 Å². The maximum absolute atomic E-state index is 11.4. The molecule has 0 spiro atoms. The predicted molar refractivity (Wildman–Crippen MR) is 73.2 cm³/mol. The second-order valence-electron chi connectivity index (χ2n) is 5.88. The molecule has 2 rings (SSSR count). The molecule has 1 aliphatic rings. The average Bonchev–Trinajstić information content (AvgIpc) is 2.48. The summed E-state index contributed by atoms with van der Waals surface area (Å²) in [5.41, 5.74) is 6.23. The van der Waals surface area contributed by atoms with Gasteiger partial charge in [0.05, 0.1) is 16.8 Å². The molecule has 6 heteroatoms. The fourth-order valence-corrected chi connectivity index (χ4v) is 1.90. The van der Waals surface area contributed by atoms with E-state index >= 15 is 0 Å². The standard InChI is InChI=1S/C13H19BN2O3/c1-8-7-16-10(6-9(8)11(15)17)14-18-12(2,3)13(4,5)19-14/h6-7H,1-5H3,(H2,15,17). The molecule has 1 amide bonds.